The summed E-state index contributed by atoms with van der Waals surface area (Å²) in [4.78, 5) is 13.5. The molecule has 3 aromatic rings. The van der Waals surface area contributed by atoms with Crippen LogP contribution in [0.25, 0.3) is 10.9 Å². The third-order valence-electron chi connectivity index (χ3n) is 2.67. The largest absolute Gasteiger partial charge is 0.271 e. The highest BCUT2D eigenvalue weighted by Gasteiger charge is 2.07. The summed E-state index contributed by atoms with van der Waals surface area (Å²) in [7, 11) is 0. The maximum atomic E-state index is 12.0. The molecule has 3 rings (SSSR count). The number of nitrogens with one attached hydrogen (secondary N) is 1. The van der Waals surface area contributed by atoms with Crippen molar-refractivity contribution in [3.63, 3.8) is 0 Å². The fourth-order valence-corrected chi connectivity index (χ4v) is 1.76. The van der Waals surface area contributed by atoms with Gasteiger partial charge < -0.3 is 0 Å². The van der Waals surface area contributed by atoms with Crippen LogP contribution in [0.2, 0.25) is 0 Å². The van der Waals surface area contributed by atoms with Gasteiger partial charge in [-0.3, -0.25) is 4.79 Å². The van der Waals surface area contributed by atoms with Gasteiger partial charge in [-0.25, -0.2) is 5.43 Å². The molecule has 1 amide bonds. The Morgan fingerprint density at radius 2 is 1.94 bits per heavy atom. The van der Waals surface area contributed by atoms with Gasteiger partial charge in [0.05, 0.1) is 11.7 Å². The van der Waals surface area contributed by atoms with Crippen LogP contribution in [-0.4, -0.2) is 15.8 Å². The molecule has 4 nitrogen and oxygen atoms in total. The van der Waals surface area contributed by atoms with Crippen molar-refractivity contribution in [1.82, 2.24) is 9.89 Å². The molecule has 0 aliphatic carbocycles. The van der Waals surface area contributed by atoms with E-state index in [1.54, 1.807) is 30.5 Å². The predicted molar refractivity (Wildman–Crippen MR) is 68.7 cm³/mol. The maximum absolute atomic E-state index is 12.0. The van der Waals surface area contributed by atoms with Gasteiger partial charge in [-0.15, -0.1) is 0 Å². The zero-order valence-corrected chi connectivity index (χ0v) is 9.50. The average molecular weight is 236 g/mol. The first-order chi connectivity index (χ1) is 8.84. The second kappa shape index (κ2) is 4.33. The minimum Gasteiger partial charge on any atom is -0.267 e. The first-order valence-electron chi connectivity index (χ1n) is 5.55. The van der Waals surface area contributed by atoms with Gasteiger partial charge in [0.25, 0.3) is 5.91 Å². The summed E-state index contributed by atoms with van der Waals surface area (Å²) in [5.74, 6) is -0.196. The molecule has 0 bridgehead atoms. The lowest BCUT2D eigenvalue weighted by molar-refractivity contribution is 0.101. The summed E-state index contributed by atoms with van der Waals surface area (Å²) < 4.78 is 0. The summed E-state index contributed by atoms with van der Waals surface area (Å²) in [6, 6.07) is 17.4. The highest BCUT2D eigenvalue weighted by molar-refractivity contribution is 6.00. The molecule has 87 valence electrons. The van der Waals surface area contributed by atoms with Crippen LogP contribution >= 0.6 is 0 Å². The van der Waals surface area contributed by atoms with E-state index in [0.29, 0.717) is 5.56 Å². The molecule has 0 saturated heterocycles. The lowest BCUT2D eigenvalue weighted by Gasteiger charge is -2.05. The summed E-state index contributed by atoms with van der Waals surface area (Å²) in [6.07, 6.45) is 1.72. The Bertz CT molecular complexity index is 688. The van der Waals surface area contributed by atoms with Crippen LogP contribution in [0.1, 0.15) is 10.4 Å². The molecule has 1 N–H and O–H groups in total. The van der Waals surface area contributed by atoms with Crippen LogP contribution in [0.3, 0.4) is 0 Å². The fraction of sp³-hybridized carbons (Fsp3) is 0. The van der Waals surface area contributed by atoms with Crippen LogP contribution in [-0.2, 0) is 0 Å². The number of fused-ring (bicyclic) bond motifs is 1. The van der Waals surface area contributed by atoms with Gasteiger partial charge in [0.1, 0.15) is 0 Å². The lowest BCUT2D eigenvalue weighted by Crippen LogP contribution is -2.23. The minimum absolute atomic E-state index is 0.196. The van der Waals surface area contributed by atoms with Gasteiger partial charge in [0.2, 0.25) is 0 Å². The van der Waals surface area contributed by atoms with Gasteiger partial charge in [-0.2, -0.15) is 9.89 Å². The van der Waals surface area contributed by atoms with Crippen LogP contribution in [0.5, 0.6) is 0 Å². The number of hydrogen-bond donors (Lipinski definition) is 1. The summed E-state index contributed by atoms with van der Waals surface area (Å²) in [6.45, 7) is 0. The van der Waals surface area contributed by atoms with Gasteiger partial charge in [-0.05, 0) is 24.3 Å². The second-order valence-corrected chi connectivity index (χ2v) is 3.84. The standard InChI is InChI=1S/C14H10N3O/c18-14(11-6-2-1-3-7-11)16-17-13-9-5-4-8-12(13)10-15-17/h2-10H,(H,16,18). The van der Waals surface area contributed by atoms with Crippen molar-refractivity contribution in [2.45, 2.75) is 0 Å². The number of nitrogens with zero attached hydrogens (tertiary/aromatic N) is 2. The molecule has 1 radical (unpaired) electrons. The van der Waals surface area contributed by atoms with Crippen molar-refractivity contribution in [1.29, 1.82) is 0 Å². The van der Waals surface area contributed by atoms with Gasteiger partial charge in [0, 0.05) is 10.9 Å². The molecule has 2 aromatic carbocycles. The molecular weight excluding hydrogens is 226 g/mol. The molecule has 0 aliphatic heterocycles. The fourth-order valence-electron chi connectivity index (χ4n) is 1.76. The highest BCUT2D eigenvalue weighted by Crippen LogP contribution is 2.11. The summed E-state index contributed by atoms with van der Waals surface area (Å²) >= 11 is 0. The van der Waals surface area contributed by atoms with Crippen LogP contribution < -0.4 is 5.43 Å². The summed E-state index contributed by atoms with van der Waals surface area (Å²) in [5, 5.41) is 5.12. The van der Waals surface area contributed by atoms with E-state index in [1.165, 1.54) is 4.79 Å². The van der Waals surface area contributed by atoms with Gasteiger partial charge in [0.15, 0.2) is 0 Å². The zero-order chi connectivity index (χ0) is 12.4. The molecule has 0 unspecified atom stereocenters. The zero-order valence-electron chi connectivity index (χ0n) is 9.50. The van der Waals surface area contributed by atoms with E-state index in [2.05, 4.69) is 16.6 Å². The monoisotopic (exact) mass is 236 g/mol. The van der Waals surface area contributed by atoms with Crippen molar-refractivity contribution in [2.75, 3.05) is 5.43 Å². The third kappa shape index (κ3) is 1.84. The second-order valence-electron chi connectivity index (χ2n) is 3.84. The Balaban J connectivity index is 1.91. The molecular formula is C14H10N3O. The molecule has 1 aromatic heterocycles. The average Bonchev–Trinajstić information content (AvgIpc) is 2.83. The minimum atomic E-state index is -0.196. The Labute approximate surface area is 104 Å². The van der Waals surface area contributed by atoms with Gasteiger partial charge in [-0.1, -0.05) is 30.3 Å². The molecule has 0 atom stereocenters. The van der Waals surface area contributed by atoms with Crippen LogP contribution in [0.4, 0.5) is 0 Å². The van der Waals surface area contributed by atoms with Crippen molar-refractivity contribution in [3.05, 3.63) is 66.4 Å². The van der Waals surface area contributed by atoms with E-state index in [0.717, 1.165) is 10.9 Å². The molecule has 0 aliphatic rings. The number of carbonyl (C=O) groups is 1. The van der Waals surface area contributed by atoms with E-state index in [4.69, 9.17) is 0 Å². The van der Waals surface area contributed by atoms with Gasteiger partial charge >= 0.3 is 0 Å². The number of amides is 1. The quantitative estimate of drug-likeness (QED) is 0.741. The first kappa shape index (κ1) is 10.5. The van der Waals surface area contributed by atoms with Crippen molar-refractivity contribution < 1.29 is 4.79 Å². The summed E-state index contributed by atoms with van der Waals surface area (Å²) in [5.41, 5.74) is 4.18. The van der Waals surface area contributed by atoms with Crippen LogP contribution in [0, 0.1) is 6.07 Å². The Morgan fingerprint density at radius 1 is 1.17 bits per heavy atom. The topological polar surface area (TPSA) is 46.9 Å². The smallest absolute Gasteiger partial charge is 0.267 e. The molecule has 0 saturated carbocycles. The number of carbonyl (C=O) groups excluding carboxylic acids is 1. The third-order valence-corrected chi connectivity index (χ3v) is 2.67. The first-order valence-corrected chi connectivity index (χ1v) is 5.55. The number of para-hydroxylation sites is 1. The van der Waals surface area contributed by atoms with E-state index in [9.17, 15) is 4.79 Å². The van der Waals surface area contributed by atoms with E-state index < -0.39 is 0 Å². The number of hydrogen-bond acceptors (Lipinski definition) is 2. The Hall–Kier alpha value is -2.62. The van der Waals surface area contributed by atoms with E-state index in [-0.39, 0.29) is 5.91 Å². The maximum Gasteiger partial charge on any atom is 0.271 e. The van der Waals surface area contributed by atoms with E-state index >= 15 is 0 Å². The molecule has 18 heavy (non-hydrogen) atoms. The van der Waals surface area contributed by atoms with Crippen molar-refractivity contribution in [3.8, 4) is 0 Å². The number of benzene rings is 2. The van der Waals surface area contributed by atoms with E-state index in [1.807, 2.05) is 24.3 Å². The Kier molecular flexibility index (Phi) is 2.53. The van der Waals surface area contributed by atoms with Crippen LogP contribution in [0.15, 0.2) is 54.7 Å². The number of aromatic nitrogens is 2. The molecule has 0 spiro atoms. The SMILES string of the molecule is O=C(Nn1ncc2ccccc21)c1cc[c]cc1. The normalized spacial score (nSPS) is 10.4. The molecule has 0 fully saturated rings. The predicted octanol–water partition coefficient (Wildman–Crippen LogP) is 2.22. The lowest BCUT2D eigenvalue weighted by atomic mass is 10.2. The number of rotatable bonds is 2. The highest BCUT2D eigenvalue weighted by atomic mass is 16.2. The molecule has 1 heterocycles. The Morgan fingerprint density at radius 3 is 2.78 bits per heavy atom. The molecule has 4 heteroatoms. The van der Waals surface area contributed by atoms with Crippen molar-refractivity contribution in [2.24, 2.45) is 0 Å². The van der Waals surface area contributed by atoms with Crippen molar-refractivity contribution >= 4 is 16.8 Å².